The van der Waals surface area contributed by atoms with Gasteiger partial charge in [0.1, 0.15) is 0 Å². The largest absolute Gasteiger partial charge is 0.298 e. The third kappa shape index (κ3) is 5.30. The number of sulfonamides is 1. The number of thiophene rings is 1. The van der Waals surface area contributed by atoms with E-state index in [4.69, 9.17) is 11.6 Å². The van der Waals surface area contributed by atoms with Crippen LogP contribution in [0.3, 0.4) is 0 Å². The molecule has 0 saturated heterocycles. The van der Waals surface area contributed by atoms with Crippen LogP contribution < -0.4 is 15.6 Å². The standard InChI is InChI=1S/C18H16ClN3O3S2/c19-14-5-2-6-15(11-14)21-22-18(23)13-4-1-8-17(10-13)27(24,25)20-12-16-7-3-9-26-16/h1-11,20-21H,12H2,(H,22,23). The van der Waals surface area contributed by atoms with Crippen LogP contribution in [0.2, 0.25) is 5.02 Å². The molecule has 0 unspecified atom stereocenters. The quantitative estimate of drug-likeness (QED) is 0.508. The second-order valence-corrected chi connectivity index (χ2v) is 8.76. The first kappa shape index (κ1) is 19.4. The van der Waals surface area contributed by atoms with E-state index in [1.165, 1.54) is 35.6 Å². The van der Waals surface area contributed by atoms with Crippen LogP contribution in [0.5, 0.6) is 0 Å². The summed E-state index contributed by atoms with van der Waals surface area (Å²) in [5, 5.41) is 2.40. The second kappa shape index (κ2) is 8.53. The van der Waals surface area contributed by atoms with E-state index in [9.17, 15) is 13.2 Å². The lowest BCUT2D eigenvalue weighted by Gasteiger charge is -2.10. The lowest BCUT2D eigenvalue weighted by Crippen LogP contribution is -2.29. The fraction of sp³-hybridized carbons (Fsp3) is 0.0556. The Morgan fingerprint density at radius 1 is 1.04 bits per heavy atom. The van der Waals surface area contributed by atoms with E-state index in [0.717, 1.165) is 4.88 Å². The van der Waals surface area contributed by atoms with Gasteiger partial charge in [-0.05, 0) is 47.8 Å². The third-order valence-corrected chi connectivity index (χ3v) is 6.08. The summed E-state index contributed by atoms with van der Waals surface area (Å²) in [7, 11) is -3.73. The Hall–Kier alpha value is -2.39. The summed E-state index contributed by atoms with van der Waals surface area (Å²) in [6, 6.07) is 16.4. The van der Waals surface area contributed by atoms with Crippen LogP contribution in [-0.4, -0.2) is 14.3 Å². The Kier molecular flexibility index (Phi) is 6.12. The zero-order valence-electron chi connectivity index (χ0n) is 14.0. The maximum Gasteiger partial charge on any atom is 0.269 e. The Morgan fingerprint density at radius 3 is 2.59 bits per heavy atom. The zero-order valence-corrected chi connectivity index (χ0v) is 16.4. The number of halogens is 1. The fourth-order valence-corrected chi connectivity index (χ4v) is 4.21. The SMILES string of the molecule is O=C(NNc1cccc(Cl)c1)c1cccc(S(=O)(=O)NCc2cccs2)c1. The smallest absolute Gasteiger partial charge is 0.269 e. The van der Waals surface area contributed by atoms with Gasteiger partial charge in [-0.15, -0.1) is 11.3 Å². The molecule has 27 heavy (non-hydrogen) atoms. The highest BCUT2D eigenvalue weighted by Crippen LogP contribution is 2.16. The number of hydrogen-bond donors (Lipinski definition) is 3. The first-order valence-electron chi connectivity index (χ1n) is 7.88. The van der Waals surface area contributed by atoms with Gasteiger partial charge < -0.3 is 0 Å². The minimum atomic E-state index is -3.73. The normalized spacial score (nSPS) is 11.1. The molecule has 3 rings (SSSR count). The number of carbonyl (C=O) groups excluding carboxylic acids is 1. The number of hydrazine groups is 1. The fourth-order valence-electron chi connectivity index (χ4n) is 2.23. The molecule has 0 aliphatic rings. The minimum absolute atomic E-state index is 0.0226. The highest BCUT2D eigenvalue weighted by Gasteiger charge is 2.16. The van der Waals surface area contributed by atoms with Crippen LogP contribution in [0.1, 0.15) is 15.2 Å². The monoisotopic (exact) mass is 421 g/mol. The van der Waals surface area contributed by atoms with Crippen molar-refractivity contribution in [2.75, 3.05) is 5.43 Å². The lowest BCUT2D eigenvalue weighted by atomic mass is 10.2. The highest BCUT2D eigenvalue weighted by molar-refractivity contribution is 7.89. The van der Waals surface area contributed by atoms with Crippen molar-refractivity contribution in [1.82, 2.24) is 10.1 Å². The Balaban J connectivity index is 1.67. The van der Waals surface area contributed by atoms with Gasteiger partial charge >= 0.3 is 0 Å². The molecule has 9 heteroatoms. The molecule has 0 radical (unpaired) electrons. The second-order valence-electron chi connectivity index (χ2n) is 5.52. The van der Waals surface area contributed by atoms with Crippen LogP contribution in [-0.2, 0) is 16.6 Å². The molecule has 0 aliphatic carbocycles. The molecule has 0 spiro atoms. The van der Waals surface area contributed by atoms with Crippen molar-refractivity contribution in [1.29, 1.82) is 0 Å². The number of anilines is 1. The van der Waals surface area contributed by atoms with Crippen LogP contribution in [0.4, 0.5) is 5.69 Å². The van der Waals surface area contributed by atoms with Crippen LogP contribution in [0.15, 0.2) is 70.9 Å². The molecule has 2 aromatic carbocycles. The van der Waals surface area contributed by atoms with Gasteiger partial charge in [0, 0.05) is 22.0 Å². The summed E-state index contributed by atoms with van der Waals surface area (Å²) < 4.78 is 27.4. The molecule has 140 valence electrons. The van der Waals surface area contributed by atoms with E-state index in [-0.39, 0.29) is 17.0 Å². The summed E-state index contributed by atoms with van der Waals surface area (Å²) in [6.07, 6.45) is 0. The van der Waals surface area contributed by atoms with Gasteiger partial charge in [0.2, 0.25) is 10.0 Å². The number of amides is 1. The molecular formula is C18H16ClN3O3S2. The molecule has 6 nitrogen and oxygen atoms in total. The molecule has 0 bridgehead atoms. The average Bonchev–Trinajstić information content (AvgIpc) is 3.18. The number of benzene rings is 2. The van der Waals surface area contributed by atoms with Crippen molar-refractivity contribution in [2.45, 2.75) is 11.4 Å². The van der Waals surface area contributed by atoms with Gasteiger partial charge in [-0.25, -0.2) is 13.1 Å². The summed E-state index contributed by atoms with van der Waals surface area (Å²) in [4.78, 5) is 13.2. The number of nitrogens with one attached hydrogen (secondary N) is 3. The van der Waals surface area contributed by atoms with Crippen molar-refractivity contribution in [3.63, 3.8) is 0 Å². The van der Waals surface area contributed by atoms with Gasteiger partial charge in [-0.1, -0.05) is 29.8 Å². The van der Waals surface area contributed by atoms with Crippen LogP contribution in [0.25, 0.3) is 0 Å². The van der Waals surface area contributed by atoms with Gasteiger partial charge in [0.05, 0.1) is 10.6 Å². The molecular weight excluding hydrogens is 406 g/mol. The maximum absolute atomic E-state index is 12.5. The van der Waals surface area contributed by atoms with E-state index >= 15 is 0 Å². The van der Waals surface area contributed by atoms with Crippen molar-refractivity contribution in [3.8, 4) is 0 Å². The predicted octanol–water partition coefficient (Wildman–Crippen LogP) is 3.64. The Bertz CT molecular complexity index is 1040. The van der Waals surface area contributed by atoms with E-state index in [0.29, 0.717) is 10.7 Å². The Morgan fingerprint density at radius 2 is 1.85 bits per heavy atom. The molecule has 0 atom stereocenters. The number of carbonyl (C=O) groups is 1. The molecule has 0 aliphatic heterocycles. The van der Waals surface area contributed by atoms with Gasteiger partial charge in [-0.3, -0.25) is 15.6 Å². The summed E-state index contributed by atoms with van der Waals surface area (Å²) >= 11 is 7.35. The molecule has 0 fully saturated rings. The first-order chi connectivity index (χ1) is 12.9. The van der Waals surface area contributed by atoms with Crippen molar-refractivity contribution >= 4 is 44.6 Å². The van der Waals surface area contributed by atoms with E-state index in [1.54, 1.807) is 24.3 Å². The molecule has 3 aromatic rings. The number of rotatable bonds is 7. The zero-order chi connectivity index (χ0) is 19.3. The molecule has 1 heterocycles. The molecule has 0 saturated carbocycles. The number of hydrogen-bond acceptors (Lipinski definition) is 5. The van der Waals surface area contributed by atoms with E-state index in [1.807, 2.05) is 17.5 Å². The molecule has 3 N–H and O–H groups in total. The Labute approximate surface area is 166 Å². The van der Waals surface area contributed by atoms with Crippen LogP contribution >= 0.6 is 22.9 Å². The third-order valence-electron chi connectivity index (χ3n) is 3.57. The molecule has 1 amide bonds. The van der Waals surface area contributed by atoms with Gasteiger partial charge in [-0.2, -0.15) is 0 Å². The highest BCUT2D eigenvalue weighted by atomic mass is 35.5. The topological polar surface area (TPSA) is 87.3 Å². The summed E-state index contributed by atoms with van der Waals surface area (Å²) in [5.74, 6) is -0.467. The van der Waals surface area contributed by atoms with E-state index < -0.39 is 15.9 Å². The van der Waals surface area contributed by atoms with Crippen molar-refractivity contribution < 1.29 is 13.2 Å². The van der Waals surface area contributed by atoms with Gasteiger partial charge in [0.15, 0.2) is 0 Å². The van der Waals surface area contributed by atoms with Crippen molar-refractivity contribution in [3.05, 3.63) is 81.5 Å². The average molecular weight is 422 g/mol. The van der Waals surface area contributed by atoms with Gasteiger partial charge in [0.25, 0.3) is 5.91 Å². The molecule has 1 aromatic heterocycles. The maximum atomic E-state index is 12.5. The summed E-state index contributed by atoms with van der Waals surface area (Å²) in [5.41, 5.74) is 6.07. The predicted molar refractivity (Wildman–Crippen MR) is 107 cm³/mol. The first-order valence-corrected chi connectivity index (χ1v) is 10.6. The minimum Gasteiger partial charge on any atom is -0.298 e. The van der Waals surface area contributed by atoms with E-state index in [2.05, 4.69) is 15.6 Å². The van der Waals surface area contributed by atoms with Crippen molar-refractivity contribution in [2.24, 2.45) is 0 Å². The summed E-state index contributed by atoms with van der Waals surface area (Å²) in [6.45, 7) is 0.201. The van der Waals surface area contributed by atoms with Crippen LogP contribution in [0, 0.1) is 0 Å². The lowest BCUT2D eigenvalue weighted by molar-refractivity contribution is 0.0962.